The van der Waals surface area contributed by atoms with Crippen LogP contribution in [0.2, 0.25) is 0 Å². The second kappa shape index (κ2) is 11.1. The lowest BCUT2D eigenvalue weighted by Gasteiger charge is -2.17. The normalized spacial score (nSPS) is 11.3. The maximum Gasteiger partial charge on any atom is 0.320 e. The smallest absolute Gasteiger partial charge is 0.320 e. The quantitative estimate of drug-likeness (QED) is 0.810. The van der Waals surface area contributed by atoms with Gasteiger partial charge in [0.15, 0.2) is 0 Å². The van der Waals surface area contributed by atoms with Gasteiger partial charge in [-0.15, -0.1) is 24.8 Å². The molecule has 0 saturated heterocycles. The van der Waals surface area contributed by atoms with Gasteiger partial charge in [-0.1, -0.05) is 30.3 Å². The Morgan fingerprint density at radius 1 is 1.32 bits per heavy atom. The van der Waals surface area contributed by atoms with Crippen molar-refractivity contribution in [1.29, 1.82) is 0 Å². The molecule has 1 aromatic carbocycles. The zero-order valence-corrected chi connectivity index (χ0v) is 12.6. The molecule has 0 amide bonds. The van der Waals surface area contributed by atoms with Crippen LogP contribution in [-0.2, 0) is 11.3 Å². The fraction of sp³-hybridized carbons (Fsp3) is 0.462. The van der Waals surface area contributed by atoms with E-state index in [1.807, 2.05) is 25.2 Å². The Kier molecular flexibility index (Phi) is 11.9. The number of carboxylic acids is 1. The number of rotatable bonds is 7. The number of aliphatic carboxylic acids is 1. The maximum atomic E-state index is 10.5. The summed E-state index contributed by atoms with van der Waals surface area (Å²) in [5, 5.41) is 8.64. The van der Waals surface area contributed by atoms with E-state index in [-0.39, 0.29) is 24.8 Å². The summed E-state index contributed by atoms with van der Waals surface area (Å²) in [6.07, 6.45) is 1.32. The monoisotopic (exact) mass is 308 g/mol. The third kappa shape index (κ3) is 8.83. The summed E-state index contributed by atoms with van der Waals surface area (Å²) in [5.41, 5.74) is 6.70. The van der Waals surface area contributed by atoms with Gasteiger partial charge in [-0.3, -0.25) is 4.79 Å². The first-order valence-electron chi connectivity index (χ1n) is 5.80. The first-order chi connectivity index (χ1) is 8.09. The van der Waals surface area contributed by atoms with Crippen LogP contribution in [0, 0.1) is 0 Å². The van der Waals surface area contributed by atoms with E-state index in [1.54, 1.807) is 0 Å². The van der Waals surface area contributed by atoms with Crippen LogP contribution >= 0.6 is 24.8 Å². The van der Waals surface area contributed by atoms with Crippen molar-refractivity contribution in [3.05, 3.63) is 35.9 Å². The molecule has 0 radical (unpaired) electrons. The van der Waals surface area contributed by atoms with E-state index in [0.717, 1.165) is 19.5 Å². The molecule has 0 saturated carbocycles. The van der Waals surface area contributed by atoms with E-state index in [4.69, 9.17) is 10.8 Å². The third-order valence-corrected chi connectivity index (χ3v) is 2.67. The molecular weight excluding hydrogens is 287 g/mol. The highest BCUT2D eigenvalue weighted by atomic mass is 35.5. The standard InChI is InChI=1S/C13H20N2O2.2ClH/c1-15(9-5-8-12(14)13(16)17)10-11-6-3-2-4-7-11;;/h2-4,6-7,12H,5,8-10,14H2,1H3,(H,16,17);2*1H/t12-;;/m1../s1. The molecule has 0 aliphatic heterocycles. The van der Waals surface area contributed by atoms with E-state index in [0.29, 0.717) is 6.42 Å². The van der Waals surface area contributed by atoms with Gasteiger partial charge in [0.2, 0.25) is 0 Å². The van der Waals surface area contributed by atoms with Crippen LogP contribution in [0.1, 0.15) is 18.4 Å². The van der Waals surface area contributed by atoms with E-state index in [2.05, 4.69) is 17.0 Å². The molecule has 0 aromatic heterocycles. The molecule has 0 aliphatic rings. The maximum absolute atomic E-state index is 10.5. The number of hydrogen-bond donors (Lipinski definition) is 2. The van der Waals surface area contributed by atoms with Gasteiger partial charge < -0.3 is 15.7 Å². The van der Waals surface area contributed by atoms with Gasteiger partial charge in [0, 0.05) is 6.54 Å². The first-order valence-corrected chi connectivity index (χ1v) is 5.80. The summed E-state index contributed by atoms with van der Waals surface area (Å²) in [6, 6.07) is 9.46. The Labute approximate surface area is 126 Å². The molecule has 1 atom stereocenters. The van der Waals surface area contributed by atoms with Gasteiger partial charge in [0.05, 0.1) is 0 Å². The van der Waals surface area contributed by atoms with Crippen LogP contribution in [-0.4, -0.2) is 35.6 Å². The zero-order chi connectivity index (χ0) is 12.7. The van der Waals surface area contributed by atoms with Crippen LogP contribution in [0.4, 0.5) is 0 Å². The Balaban J connectivity index is 0. The molecule has 0 spiro atoms. The minimum Gasteiger partial charge on any atom is -0.480 e. The Hall–Kier alpha value is -0.810. The van der Waals surface area contributed by atoms with Crippen LogP contribution < -0.4 is 5.73 Å². The average Bonchev–Trinajstić information content (AvgIpc) is 2.30. The van der Waals surface area contributed by atoms with Gasteiger partial charge in [-0.25, -0.2) is 0 Å². The molecule has 0 aliphatic carbocycles. The van der Waals surface area contributed by atoms with Gasteiger partial charge in [0.25, 0.3) is 0 Å². The fourth-order valence-corrected chi connectivity index (χ4v) is 1.68. The number of hydrogen-bond acceptors (Lipinski definition) is 3. The molecule has 1 aromatic rings. The van der Waals surface area contributed by atoms with Crippen molar-refractivity contribution >= 4 is 30.8 Å². The largest absolute Gasteiger partial charge is 0.480 e. The zero-order valence-electron chi connectivity index (χ0n) is 11.0. The molecule has 0 fully saturated rings. The third-order valence-electron chi connectivity index (χ3n) is 2.67. The Bertz CT molecular complexity index is 350. The fourth-order valence-electron chi connectivity index (χ4n) is 1.68. The van der Waals surface area contributed by atoms with Crippen LogP contribution in [0.3, 0.4) is 0 Å². The van der Waals surface area contributed by atoms with E-state index in [1.165, 1.54) is 5.56 Å². The molecule has 19 heavy (non-hydrogen) atoms. The predicted octanol–water partition coefficient (Wildman–Crippen LogP) is 2.15. The van der Waals surface area contributed by atoms with Gasteiger partial charge >= 0.3 is 5.97 Å². The number of benzene rings is 1. The van der Waals surface area contributed by atoms with Crippen molar-refractivity contribution in [2.75, 3.05) is 13.6 Å². The summed E-state index contributed by atoms with van der Waals surface area (Å²) >= 11 is 0. The summed E-state index contributed by atoms with van der Waals surface area (Å²) < 4.78 is 0. The van der Waals surface area contributed by atoms with Crippen molar-refractivity contribution < 1.29 is 9.90 Å². The highest BCUT2D eigenvalue weighted by Gasteiger charge is 2.10. The van der Waals surface area contributed by atoms with Crippen LogP contribution in [0.15, 0.2) is 30.3 Å². The van der Waals surface area contributed by atoms with Crippen molar-refractivity contribution in [2.24, 2.45) is 5.73 Å². The van der Waals surface area contributed by atoms with Gasteiger partial charge in [-0.05, 0) is 32.0 Å². The number of carbonyl (C=O) groups is 1. The molecule has 4 nitrogen and oxygen atoms in total. The van der Waals surface area contributed by atoms with E-state index < -0.39 is 12.0 Å². The van der Waals surface area contributed by atoms with Crippen molar-refractivity contribution in [3.8, 4) is 0 Å². The average molecular weight is 309 g/mol. The lowest BCUT2D eigenvalue weighted by atomic mass is 10.1. The summed E-state index contributed by atoms with van der Waals surface area (Å²) in [5.74, 6) is -0.921. The second-order valence-corrected chi connectivity index (χ2v) is 4.31. The minimum absolute atomic E-state index is 0. The highest BCUT2D eigenvalue weighted by molar-refractivity contribution is 5.85. The lowest BCUT2D eigenvalue weighted by Crippen LogP contribution is -2.31. The van der Waals surface area contributed by atoms with E-state index in [9.17, 15) is 4.79 Å². The van der Waals surface area contributed by atoms with Crippen molar-refractivity contribution in [2.45, 2.75) is 25.4 Å². The van der Waals surface area contributed by atoms with Gasteiger partial charge in [0.1, 0.15) is 6.04 Å². The molecule has 3 N–H and O–H groups in total. The predicted molar refractivity (Wildman–Crippen MR) is 82.1 cm³/mol. The topological polar surface area (TPSA) is 66.6 Å². The Morgan fingerprint density at radius 2 is 1.89 bits per heavy atom. The molecule has 6 heteroatoms. The molecule has 0 unspecified atom stereocenters. The SMILES string of the molecule is CN(CCC[C@@H](N)C(=O)O)Cc1ccccc1.Cl.Cl. The molecular formula is C13H22Cl2N2O2. The van der Waals surface area contributed by atoms with Gasteiger partial charge in [-0.2, -0.15) is 0 Å². The first kappa shape index (κ1) is 20.5. The van der Waals surface area contributed by atoms with Crippen LogP contribution in [0.25, 0.3) is 0 Å². The Morgan fingerprint density at radius 3 is 2.42 bits per heavy atom. The number of carboxylic acid groups (broad SMARTS) is 1. The second-order valence-electron chi connectivity index (χ2n) is 4.31. The van der Waals surface area contributed by atoms with Crippen molar-refractivity contribution in [3.63, 3.8) is 0 Å². The van der Waals surface area contributed by atoms with E-state index >= 15 is 0 Å². The summed E-state index contributed by atoms with van der Waals surface area (Å²) in [7, 11) is 2.03. The number of nitrogens with two attached hydrogens (primary N) is 1. The van der Waals surface area contributed by atoms with Crippen molar-refractivity contribution in [1.82, 2.24) is 4.90 Å². The molecule has 0 heterocycles. The lowest BCUT2D eigenvalue weighted by molar-refractivity contribution is -0.138. The number of halogens is 2. The number of nitrogens with zero attached hydrogens (tertiary/aromatic N) is 1. The minimum atomic E-state index is -0.921. The summed E-state index contributed by atoms with van der Waals surface area (Å²) in [4.78, 5) is 12.7. The highest BCUT2D eigenvalue weighted by Crippen LogP contribution is 2.04. The molecule has 0 bridgehead atoms. The molecule has 1 rings (SSSR count). The van der Waals surface area contributed by atoms with Crippen LogP contribution in [0.5, 0.6) is 0 Å². The summed E-state index contributed by atoms with van der Waals surface area (Å²) in [6.45, 7) is 1.74. The molecule has 110 valence electrons.